The van der Waals surface area contributed by atoms with Gasteiger partial charge in [0.1, 0.15) is 4.21 Å². The molecule has 0 radical (unpaired) electrons. The third kappa shape index (κ3) is 3.54. The minimum atomic E-state index is -3.83. The van der Waals surface area contributed by atoms with Gasteiger partial charge < -0.3 is 9.47 Å². The fraction of sp³-hybridized carbons (Fsp3) is 0.133. The molecule has 0 unspecified atom stereocenters. The molecule has 2 aromatic rings. The fourth-order valence-corrected chi connectivity index (χ4v) is 4.19. The Morgan fingerprint density at radius 2 is 2.00 bits per heavy atom. The second-order valence-corrected chi connectivity index (χ2v) is 7.98. The lowest BCUT2D eigenvalue weighted by atomic mass is 10.2. The molecule has 0 aliphatic carbocycles. The Morgan fingerprint density at radius 3 is 2.74 bits per heavy atom. The molecular formula is C15H13NO5S2. The number of thiophene rings is 1. The number of sulfonamides is 1. The normalized spacial score (nSPS) is 13.4. The second kappa shape index (κ2) is 6.05. The highest BCUT2D eigenvalue weighted by Gasteiger charge is 2.18. The molecule has 3 rings (SSSR count). The summed E-state index contributed by atoms with van der Waals surface area (Å²) in [6, 6.07) is 8.34. The molecule has 0 bridgehead atoms. The first-order valence-electron chi connectivity index (χ1n) is 6.65. The predicted octanol–water partition coefficient (Wildman–Crippen LogP) is 2.30. The summed E-state index contributed by atoms with van der Waals surface area (Å²) in [5, 5.41) is 0. The lowest BCUT2D eigenvalue weighted by Crippen LogP contribution is -2.28. The molecular weight excluding hydrogens is 338 g/mol. The monoisotopic (exact) mass is 351 g/mol. The Hall–Kier alpha value is -2.32. The van der Waals surface area contributed by atoms with E-state index in [1.807, 2.05) is 4.72 Å². The number of rotatable bonds is 4. The maximum atomic E-state index is 12.0. The molecule has 6 nitrogen and oxygen atoms in total. The molecule has 1 aliphatic rings. The van der Waals surface area contributed by atoms with Crippen LogP contribution in [0.5, 0.6) is 11.5 Å². The number of aryl methyl sites for hydroxylation is 1. The number of carbonyl (C=O) groups excluding carboxylic acids is 1. The number of hydrogen-bond acceptors (Lipinski definition) is 6. The average Bonchev–Trinajstić information content (AvgIpc) is 3.13. The first kappa shape index (κ1) is 15.6. The highest BCUT2D eigenvalue weighted by molar-refractivity contribution is 7.92. The zero-order chi connectivity index (χ0) is 16.4. The summed E-state index contributed by atoms with van der Waals surface area (Å²) in [6.07, 6.45) is 2.67. The summed E-state index contributed by atoms with van der Waals surface area (Å²) in [4.78, 5) is 12.7. The minimum absolute atomic E-state index is 0.111. The molecule has 0 saturated carbocycles. The number of hydrogen-bond donors (Lipinski definition) is 1. The van der Waals surface area contributed by atoms with Crippen molar-refractivity contribution < 1.29 is 22.7 Å². The summed E-state index contributed by atoms with van der Waals surface area (Å²) in [5.74, 6) is 0.519. The summed E-state index contributed by atoms with van der Waals surface area (Å²) in [6.45, 7) is 1.96. The van der Waals surface area contributed by atoms with E-state index in [1.165, 1.54) is 12.1 Å². The maximum Gasteiger partial charge on any atom is 0.273 e. The van der Waals surface area contributed by atoms with E-state index in [2.05, 4.69) is 0 Å². The van der Waals surface area contributed by atoms with Crippen LogP contribution < -0.4 is 14.2 Å². The van der Waals surface area contributed by atoms with Crippen molar-refractivity contribution in [3.05, 3.63) is 46.8 Å². The number of benzene rings is 1. The van der Waals surface area contributed by atoms with Crippen molar-refractivity contribution in [3.8, 4) is 11.5 Å². The Morgan fingerprint density at radius 1 is 1.22 bits per heavy atom. The fourth-order valence-electron chi connectivity index (χ4n) is 1.96. The third-order valence-corrected chi connectivity index (χ3v) is 5.88. The van der Waals surface area contributed by atoms with Gasteiger partial charge in [-0.25, -0.2) is 13.1 Å². The van der Waals surface area contributed by atoms with Gasteiger partial charge in [0.2, 0.25) is 6.79 Å². The molecule has 1 N–H and O–H groups in total. The van der Waals surface area contributed by atoms with E-state index in [-0.39, 0.29) is 11.0 Å². The molecule has 2 heterocycles. The van der Waals surface area contributed by atoms with E-state index < -0.39 is 15.9 Å². The SMILES string of the molecule is Cc1ccc(S(=O)(=O)NC(=O)C=Cc2ccc3c(c2)OCO3)s1. The van der Waals surface area contributed by atoms with Crippen molar-refractivity contribution >= 4 is 33.3 Å². The zero-order valence-electron chi connectivity index (χ0n) is 12.1. The van der Waals surface area contributed by atoms with Crippen LogP contribution >= 0.6 is 11.3 Å². The number of fused-ring (bicyclic) bond motifs is 1. The molecule has 0 atom stereocenters. The molecule has 23 heavy (non-hydrogen) atoms. The Balaban J connectivity index is 1.69. The molecule has 1 aromatic carbocycles. The van der Waals surface area contributed by atoms with Gasteiger partial charge in [-0.2, -0.15) is 0 Å². The molecule has 120 valence electrons. The molecule has 1 aromatic heterocycles. The van der Waals surface area contributed by atoms with Crippen molar-refractivity contribution in [2.75, 3.05) is 6.79 Å². The summed E-state index contributed by atoms with van der Waals surface area (Å²) in [7, 11) is -3.83. The third-order valence-electron chi connectivity index (χ3n) is 3.04. The van der Waals surface area contributed by atoms with Crippen LogP contribution in [0.1, 0.15) is 10.4 Å². The highest BCUT2D eigenvalue weighted by atomic mass is 32.2. The smallest absolute Gasteiger partial charge is 0.273 e. The Kier molecular flexibility index (Phi) is 4.10. The van der Waals surface area contributed by atoms with Crippen LogP contribution in [0.25, 0.3) is 6.08 Å². The average molecular weight is 351 g/mol. The lowest BCUT2D eigenvalue weighted by Gasteiger charge is -2.02. The van der Waals surface area contributed by atoms with Gasteiger partial charge in [-0.05, 0) is 42.8 Å². The van der Waals surface area contributed by atoms with E-state index in [0.717, 1.165) is 22.3 Å². The standard InChI is InChI=1S/C15H13NO5S2/c1-10-2-7-15(22-10)23(18,19)16-14(17)6-4-11-3-5-12-13(8-11)21-9-20-12/h2-8H,9H2,1H3,(H,16,17). The van der Waals surface area contributed by atoms with Crippen LogP contribution in [0.2, 0.25) is 0 Å². The number of amides is 1. The number of ether oxygens (including phenoxy) is 2. The minimum Gasteiger partial charge on any atom is -0.454 e. The van der Waals surface area contributed by atoms with Crippen LogP contribution in [0.3, 0.4) is 0 Å². The molecule has 1 aliphatic heterocycles. The quantitative estimate of drug-likeness (QED) is 0.855. The van der Waals surface area contributed by atoms with Gasteiger partial charge >= 0.3 is 0 Å². The van der Waals surface area contributed by atoms with Crippen molar-refractivity contribution in [2.24, 2.45) is 0 Å². The summed E-state index contributed by atoms with van der Waals surface area (Å²) < 4.78 is 36.6. The molecule has 0 fully saturated rings. The first-order valence-corrected chi connectivity index (χ1v) is 8.95. The second-order valence-electron chi connectivity index (χ2n) is 4.78. The van der Waals surface area contributed by atoms with E-state index in [1.54, 1.807) is 31.2 Å². The molecule has 0 saturated heterocycles. The zero-order valence-corrected chi connectivity index (χ0v) is 13.7. The van der Waals surface area contributed by atoms with E-state index >= 15 is 0 Å². The van der Waals surface area contributed by atoms with Gasteiger partial charge in [0.05, 0.1) is 0 Å². The largest absolute Gasteiger partial charge is 0.454 e. The van der Waals surface area contributed by atoms with Crippen LogP contribution in [0.4, 0.5) is 0 Å². The van der Waals surface area contributed by atoms with Gasteiger partial charge in [0, 0.05) is 11.0 Å². The van der Waals surface area contributed by atoms with E-state index in [0.29, 0.717) is 17.1 Å². The van der Waals surface area contributed by atoms with Crippen molar-refractivity contribution in [1.82, 2.24) is 4.72 Å². The predicted molar refractivity (Wildman–Crippen MR) is 86.0 cm³/mol. The highest BCUT2D eigenvalue weighted by Crippen LogP contribution is 2.32. The van der Waals surface area contributed by atoms with Crippen molar-refractivity contribution in [3.63, 3.8) is 0 Å². The molecule has 0 spiro atoms. The van der Waals surface area contributed by atoms with Crippen molar-refractivity contribution in [1.29, 1.82) is 0 Å². The van der Waals surface area contributed by atoms with Gasteiger partial charge in [0.25, 0.3) is 15.9 Å². The van der Waals surface area contributed by atoms with Crippen LogP contribution in [0, 0.1) is 6.92 Å². The van der Waals surface area contributed by atoms with Crippen molar-refractivity contribution in [2.45, 2.75) is 11.1 Å². The van der Waals surface area contributed by atoms with Gasteiger partial charge in [-0.3, -0.25) is 4.79 Å². The van der Waals surface area contributed by atoms with Gasteiger partial charge in [-0.15, -0.1) is 11.3 Å². The van der Waals surface area contributed by atoms with Gasteiger partial charge in [0.15, 0.2) is 11.5 Å². The molecule has 1 amide bonds. The van der Waals surface area contributed by atoms with E-state index in [4.69, 9.17) is 9.47 Å². The van der Waals surface area contributed by atoms with Gasteiger partial charge in [-0.1, -0.05) is 6.07 Å². The van der Waals surface area contributed by atoms with E-state index in [9.17, 15) is 13.2 Å². The van der Waals surface area contributed by atoms with Crippen LogP contribution in [-0.4, -0.2) is 21.1 Å². The number of carbonyl (C=O) groups is 1. The Bertz CT molecular complexity index is 883. The number of nitrogens with one attached hydrogen (secondary N) is 1. The lowest BCUT2D eigenvalue weighted by molar-refractivity contribution is -0.114. The molecule has 8 heteroatoms. The Labute approximate surface area is 137 Å². The van der Waals surface area contributed by atoms with Crippen LogP contribution in [0.15, 0.2) is 40.6 Å². The van der Waals surface area contributed by atoms with Crippen LogP contribution in [-0.2, 0) is 14.8 Å². The maximum absolute atomic E-state index is 12.0. The summed E-state index contributed by atoms with van der Waals surface area (Å²) >= 11 is 1.11. The topological polar surface area (TPSA) is 81.7 Å². The summed E-state index contributed by atoms with van der Waals surface area (Å²) in [5.41, 5.74) is 0.703. The first-order chi connectivity index (χ1) is 10.9.